The predicted octanol–water partition coefficient (Wildman–Crippen LogP) is 3.82. The SMILES string of the molecule is Cc1nc(Nc2cc(Cl)ccc2C)cc(C(=O)NCc2ccncc2)n1. The van der Waals surface area contributed by atoms with Gasteiger partial charge in [0.1, 0.15) is 17.3 Å². The molecule has 7 heteroatoms. The van der Waals surface area contributed by atoms with Crippen LogP contribution >= 0.6 is 11.6 Å². The Morgan fingerprint density at radius 2 is 1.85 bits per heavy atom. The summed E-state index contributed by atoms with van der Waals surface area (Å²) >= 11 is 6.05. The van der Waals surface area contributed by atoms with Crippen molar-refractivity contribution >= 4 is 29.0 Å². The van der Waals surface area contributed by atoms with Crippen molar-refractivity contribution < 1.29 is 4.79 Å². The molecule has 2 heterocycles. The smallest absolute Gasteiger partial charge is 0.270 e. The molecule has 0 fully saturated rings. The minimum absolute atomic E-state index is 0.266. The van der Waals surface area contributed by atoms with E-state index in [1.165, 1.54) is 0 Å². The number of hydrogen-bond acceptors (Lipinski definition) is 5. The summed E-state index contributed by atoms with van der Waals surface area (Å²) < 4.78 is 0. The molecule has 1 aromatic carbocycles. The molecule has 0 saturated heterocycles. The standard InChI is InChI=1S/C19H18ClN5O/c1-12-3-4-15(20)9-16(12)25-18-10-17(23-13(2)24-18)19(26)22-11-14-5-7-21-8-6-14/h3-10H,11H2,1-2H3,(H,22,26)(H,23,24,25). The van der Waals surface area contributed by atoms with Gasteiger partial charge in [-0.3, -0.25) is 9.78 Å². The average molecular weight is 368 g/mol. The molecule has 0 spiro atoms. The van der Waals surface area contributed by atoms with Crippen molar-refractivity contribution in [1.82, 2.24) is 20.3 Å². The predicted molar refractivity (Wildman–Crippen MR) is 102 cm³/mol. The van der Waals surface area contributed by atoms with E-state index in [-0.39, 0.29) is 5.91 Å². The zero-order chi connectivity index (χ0) is 18.5. The third-order valence-corrected chi connectivity index (χ3v) is 3.97. The third kappa shape index (κ3) is 4.55. The number of aromatic nitrogens is 3. The summed E-state index contributed by atoms with van der Waals surface area (Å²) in [6.45, 7) is 4.12. The van der Waals surface area contributed by atoms with Crippen molar-refractivity contribution in [3.05, 3.63) is 76.5 Å². The summed E-state index contributed by atoms with van der Waals surface area (Å²) in [6, 6.07) is 10.9. The van der Waals surface area contributed by atoms with Gasteiger partial charge in [-0.15, -0.1) is 0 Å². The van der Waals surface area contributed by atoms with Crippen molar-refractivity contribution in [1.29, 1.82) is 0 Å². The molecule has 3 rings (SSSR count). The van der Waals surface area contributed by atoms with Crippen LogP contribution in [0.25, 0.3) is 0 Å². The summed E-state index contributed by atoms with van der Waals surface area (Å²) in [7, 11) is 0. The molecule has 26 heavy (non-hydrogen) atoms. The second-order valence-corrected chi connectivity index (χ2v) is 6.24. The number of nitrogens with one attached hydrogen (secondary N) is 2. The van der Waals surface area contributed by atoms with Gasteiger partial charge in [-0.1, -0.05) is 17.7 Å². The van der Waals surface area contributed by atoms with Gasteiger partial charge in [-0.2, -0.15) is 0 Å². The summed E-state index contributed by atoms with van der Waals surface area (Å²) in [5.74, 6) is 0.777. The molecule has 0 atom stereocenters. The number of amides is 1. The highest BCUT2D eigenvalue weighted by Crippen LogP contribution is 2.23. The maximum absolute atomic E-state index is 12.4. The number of carbonyl (C=O) groups excluding carboxylic acids is 1. The van der Waals surface area contributed by atoms with E-state index in [9.17, 15) is 4.79 Å². The highest BCUT2D eigenvalue weighted by atomic mass is 35.5. The minimum atomic E-state index is -0.266. The van der Waals surface area contributed by atoms with Crippen molar-refractivity contribution in [3.63, 3.8) is 0 Å². The van der Waals surface area contributed by atoms with Gasteiger partial charge < -0.3 is 10.6 Å². The van der Waals surface area contributed by atoms with Crippen LogP contribution in [0.3, 0.4) is 0 Å². The highest BCUT2D eigenvalue weighted by Gasteiger charge is 2.11. The molecule has 0 aliphatic carbocycles. The molecule has 6 nitrogen and oxygen atoms in total. The molecule has 3 aromatic rings. The number of carbonyl (C=O) groups is 1. The van der Waals surface area contributed by atoms with E-state index < -0.39 is 0 Å². The van der Waals surface area contributed by atoms with Crippen LogP contribution in [-0.4, -0.2) is 20.9 Å². The van der Waals surface area contributed by atoms with Crippen molar-refractivity contribution in [3.8, 4) is 0 Å². The second-order valence-electron chi connectivity index (χ2n) is 5.81. The number of rotatable bonds is 5. The first-order valence-electron chi connectivity index (χ1n) is 8.07. The van der Waals surface area contributed by atoms with Gasteiger partial charge in [-0.05, 0) is 49.2 Å². The number of pyridine rings is 1. The van der Waals surface area contributed by atoms with Crippen LogP contribution in [0.5, 0.6) is 0 Å². The Morgan fingerprint density at radius 3 is 2.62 bits per heavy atom. The number of benzene rings is 1. The Labute approximate surface area is 156 Å². The fourth-order valence-electron chi connectivity index (χ4n) is 2.39. The molecule has 0 aliphatic heterocycles. The first-order valence-corrected chi connectivity index (χ1v) is 8.45. The number of aryl methyl sites for hydroxylation is 2. The number of halogens is 1. The van der Waals surface area contributed by atoms with E-state index in [1.807, 2.05) is 37.3 Å². The maximum Gasteiger partial charge on any atom is 0.270 e. The van der Waals surface area contributed by atoms with Gasteiger partial charge >= 0.3 is 0 Å². The Bertz CT molecular complexity index is 930. The maximum atomic E-state index is 12.4. The molecule has 0 saturated carbocycles. The Hall–Kier alpha value is -2.99. The number of nitrogens with zero attached hydrogens (tertiary/aromatic N) is 3. The van der Waals surface area contributed by atoms with Gasteiger partial charge in [0.2, 0.25) is 0 Å². The molecule has 0 radical (unpaired) electrons. The molecule has 0 bridgehead atoms. The van der Waals surface area contributed by atoms with Crippen molar-refractivity contribution in [2.24, 2.45) is 0 Å². The van der Waals surface area contributed by atoms with Crippen LogP contribution in [0.1, 0.15) is 27.4 Å². The van der Waals surface area contributed by atoms with Gasteiger partial charge in [-0.25, -0.2) is 9.97 Å². The zero-order valence-electron chi connectivity index (χ0n) is 14.5. The molecule has 2 N–H and O–H groups in total. The molecular formula is C19H18ClN5O. The van der Waals surface area contributed by atoms with Crippen LogP contribution in [0.15, 0.2) is 48.8 Å². The van der Waals surface area contributed by atoms with Gasteiger partial charge in [0, 0.05) is 35.7 Å². The Balaban J connectivity index is 1.76. The normalized spacial score (nSPS) is 10.4. The molecule has 2 aromatic heterocycles. The fraction of sp³-hybridized carbons (Fsp3) is 0.158. The number of hydrogen-bond donors (Lipinski definition) is 2. The first kappa shape index (κ1) is 17.8. The average Bonchev–Trinajstić information content (AvgIpc) is 2.63. The lowest BCUT2D eigenvalue weighted by atomic mass is 10.2. The Morgan fingerprint density at radius 1 is 1.08 bits per heavy atom. The monoisotopic (exact) mass is 367 g/mol. The van der Waals surface area contributed by atoms with Crippen LogP contribution < -0.4 is 10.6 Å². The molecular weight excluding hydrogens is 350 g/mol. The van der Waals surface area contributed by atoms with Crippen molar-refractivity contribution in [2.75, 3.05) is 5.32 Å². The summed E-state index contributed by atoms with van der Waals surface area (Å²) in [5, 5.41) is 6.67. The lowest BCUT2D eigenvalue weighted by Crippen LogP contribution is -2.24. The van der Waals surface area contributed by atoms with E-state index in [4.69, 9.17) is 11.6 Å². The topological polar surface area (TPSA) is 79.8 Å². The molecule has 132 valence electrons. The highest BCUT2D eigenvalue weighted by molar-refractivity contribution is 6.30. The minimum Gasteiger partial charge on any atom is -0.347 e. The van der Waals surface area contributed by atoms with E-state index >= 15 is 0 Å². The molecule has 0 unspecified atom stereocenters. The van der Waals surface area contributed by atoms with Crippen LogP contribution in [-0.2, 0) is 6.54 Å². The van der Waals surface area contributed by atoms with E-state index in [0.29, 0.717) is 28.9 Å². The third-order valence-electron chi connectivity index (χ3n) is 3.74. The second kappa shape index (κ2) is 7.93. The first-order chi connectivity index (χ1) is 12.5. The van der Waals surface area contributed by atoms with Crippen LogP contribution in [0.2, 0.25) is 5.02 Å². The zero-order valence-corrected chi connectivity index (χ0v) is 15.2. The lowest BCUT2D eigenvalue weighted by molar-refractivity contribution is 0.0945. The largest absolute Gasteiger partial charge is 0.347 e. The fourth-order valence-corrected chi connectivity index (χ4v) is 2.56. The van der Waals surface area contributed by atoms with E-state index in [1.54, 1.807) is 25.4 Å². The van der Waals surface area contributed by atoms with Gasteiger partial charge in [0.15, 0.2) is 0 Å². The van der Waals surface area contributed by atoms with E-state index in [2.05, 4.69) is 25.6 Å². The van der Waals surface area contributed by atoms with Crippen LogP contribution in [0, 0.1) is 13.8 Å². The summed E-state index contributed by atoms with van der Waals surface area (Å²) in [5.41, 5.74) is 3.12. The summed E-state index contributed by atoms with van der Waals surface area (Å²) in [6.07, 6.45) is 3.37. The quantitative estimate of drug-likeness (QED) is 0.716. The Kier molecular flexibility index (Phi) is 5.43. The van der Waals surface area contributed by atoms with Gasteiger partial charge in [0.05, 0.1) is 0 Å². The van der Waals surface area contributed by atoms with Gasteiger partial charge in [0.25, 0.3) is 5.91 Å². The van der Waals surface area contributed by atoms with Crippen molar-refractivity contribution in [2.45, 2.75) is 20.4 Å². The number of anilines is 2. The van der Waals surface area contributed by atoms with E-state index in [0.717, 1.165) is 16.8 Å². The molecule has 0 aliphatic rings. The lowest BCUT2D eigenvalue weighted by Gasteiger charge is -2.11. The van der Waals surface area contributed by atoms with Crippen LogP contribution in [0.4, 0.5) is 11.5 Å². The molecule has 1 amide bonds. The summed E-state index contributed by atoms with van der Waals surface area (Å²) in [4.78, 5) is 25.0.